The van der Waals surface area contributed by atoms with E-state index < -0.39 is 4.24 Å². The van der Waals surface area contributed by atoms with E-state index in [9.17, 15) is 0 Å². The third-order valence-electron chi connectivity index (χ3n) is 3.38. The molecule has 112 valence electrons. The summed E-state index contributed by atoms with van der Waals surface area (Å²) in [4.78, 5) is 0. The van der Waals surface area contributed by atoms with E-state index >= 15 is 0 Å². The molecule has 0 saturated carbocycles. The Morgan fingerprint density at radius 3 is 1.32 bits per heavy atom. The molecule has 0 amide bonds. The van der Waals surface area contributed by atoms with E-state index in [-0.39, 0.29) is 0 Å². The van der Waals surface area contributed by atoms with Crippen LogP contribution >= 0.6 is 35.2 Å². The predicted molar refractivity (Wildman–Crippen MR) is 104 cm³/mol. The van der Waals surface area contributed by atoms with Crippen molar-refractivity contribution in [2.75, 3.05) is 0 Å². The van der Waals surface area contributed by atoms with Crippen LogP contribution < -0.4 is 15.1 Å². The Labute approximate surface area is 146 Å². The van der Waals surface area contributed by atoms with Gasteiger partial charge >= 0.3 is 147 Å². The topological polar surface area (TPSA) is 9.23 Å². The zero-order chi connectivity index (χ0) is 15.5. The summed E-state index contributed by atoms with van der Waals surface area (Å²) in [5.74, 6) is 0.821. The molecule has 0 aliphatic carbocycles. The van der Waals surface area contributed by atoms with Crippen molar-refractivity contribution in [3.8, 4) is 5.75 Å². The van der Waals surface area contributed by atoms with Crippen LogP contribution in [0.25, 0.3) is 0 Å². The first-order chi connectivity index (χ1) is 10.6. The molecule has 0 heterocycles. The summed E-state index contributed by atoms with van der Waals surface area (Å²) < 4.78 is 3.41. The normalized spacial score (nSPS) is 13.1. The molecule has 0 bridgehead atoms. The van der Waals surface area contributed by atoms with Gasteiger partial charge in [0.05, 0.1) is 0 Å². The molecule has 0 unspecified atom stereocenters. The summed E-state index contributed by atoms with van der Waals surface area (Å²) >= 11 is 7.94. The van der Waals surface area contributed by atoms with Gasteiger partial charge in [0.25, 0.3) is 0 Å². The molecule has 1 nitrogen and oxygen atoms in total. The maximum absolute atomic E-state index is 6.53. The molecule has 3 rings (SSSR count). The fraction of sp³-hybridized carbons (Fsp3) is 0. The van der Waals surface area contributed by atoms with Gasteiger partial charge in [-0.1, -0.05) is 0 Å². The van der Waals surface area contributed by atoms with Gasteiger partial charge < -0.3 is 0 Å². The van der Waals surface area contributed by atoms with Crippen molar-refractivity contribution in [1.82, 2.24) is 0 Å². The second-order valence-corrected chi connectivity index (χ2v) is 18.8. The summed E-state index contributed by atoms with van der Waals surface area (Å²) in [6.45, 7) is 0. The predicted octanol–water partition coefficient (Wildman–Crippen LogP) is 5.80. The first kappa shape index (κ1) is 15.7. The molecule has 0 aromatic heterocycles. The molecular weight excluding hydrogens is 423 g/mol. The van der Waals surface area contributed by atoms with Crippen LogP contribution in [0, 0.1) is 0 Å². The third kappa shape index (κ3) is 2.99. The minimum absolute atomic E-state index is 0.821. The van der Waals surface area contributed by atoms with Crippen molar-refractivity contribution >= 4 is 45.8 Å². The van der Waals surface area contributed by atoms with Gasteiger partial charge in [0.1, 0.15) is 0 Å². The zero-order valence-corrected chi connectivity index (χ0v) is 15.8. The van der Waals surface area contributed by atoms with E-state index in [1.807, 2.05) is 66.7 Å². The van der Waals surface area contributed by atoms with Crippen LogP contribution in [0.4, 0.5) is 0 Å². The Morgan fingerprint density at radius 1 is 0.545 bits per heavy atom. The summed E-state index contributed by atoms with van der Waals surface area (Å²) in [7, 11) is 0. The molecule has 4 heteroatoms. The average Bonchev–Trinajstić information content (AvgIpc) is 2.57. The second kappa shape index (κ2) is 6.16. The number of rotatable bonds is 4. The van der Waals surface area contributed by atoms with Crippen molar-refractivity contribution in [3.63, 3.8) is 0 Å². The summed E-state index contributed by atoms with van der Waals surface area (Å²) in [5.41, 5.74) is 0. The summed E-state index contributed by atoms with van der Waals surface area (Å²) in [6.07, 6.45) is 0. The van der Waals surface area contributed by atoms with E-state index in [1.54, 1.807) is 0 Å². The Balaban J connectivity index is 2.19. The van der Waals surface area contributed by atoms with Crippen LogP contribution in [-0.2, 0) is 0 Å². The van der Waals surface area contributed by atoms with Crippen molar-refractivity contribution in [3.05, 3.63) is 91.0 Å². The van der Waals surface area contributed by atoms with Crippen LogP contribution in [0.1, 0.15) is 0 Å². The number of hydrogen-bond donors (Lipinski definition) is 0. The zero-order valence-electron chi connectivity index (χ0n) is 11.8. The van der Waals surface area contributed by atoms with Crippen molar-refractivity contribution in [2.45, 2.75) is 0 Å². The first-order valence-corrected chi connectivity index (χ1v) is 13.1. The van der Waals surface area contributed by atoms with Crippen molar-refractivity contribution in [1.29, 1.82) is 0 Å². The van der Waals surface area contributed by atoms with E-state index in [2.05, 4.69) is 55.2 Å². The average molecular weight is 438 g/mol. The first-order valence-electron chi connectivity index (χ1n) is 6.90. The number of hydrogen-bond acceptors (Lipinski definition) is 1. The Kier molecular flexibility index (Phi) is 4.40. The van der Waals surface area contributed by atoms with Gasteiger partial charge in [0, 0.05) is 0 Å². The van der Waals surface area contributed by atoms with E-state index in [0.29, 0.717) is 0 Å². The van der Waals surface area contributed by atoms with Gasteiger partial charge in [-0.2, -0.15) is 0 Å². The van der Waals surface area contributed by atoms with Gasteiger partial charge in [0.15, 0.2) is 0 Å². The monoisotopic (exact) mass is 436 g/mol. The van der Waals surface area contributed by atoms with Crippen LogP contribution in [0.3, 0.4) is 0 Å². The molecule has 0 aliphatic heterocycles. The van der Waals surface area contributed by atoms with Gasteiger partial charge in [0.2, 0.25) is 0 Å². The molecule has 3 aromatic carbocycles. The van der Waals surface area contributed by atoms with Crippen LogP contribution in [0.15, 0.2) is 91.0 Å². The van der Waals surface area contributed by atoms with Crippen molar-refractivity contribution in [2.24, 2.45) is 0 Å². The summed E-state index contributed by atoms with van der Waals surface area (Å²) in [5, 5.41) is 2.17. The van der Waals surface area contributed by atoms with E-state index in [4.69, 9.17) is 4.52 Å². The minimum atomic E-state index is -3.11. The van der Waals surface area contributed by atoms with E-state index in [0.717, 1.165) is 16.4 Å². The fourth-order valence-corrected chi connectivity index (χ4v) is 8.45. The molecular formula is C18H15Br2OP. The van der Waals surface area contributed by atoms with Crippen LogP contribution in [0.5, 0.6) is 5.75 Å². The fourth-order valence-electron chi connectivity index (χ4n) is 2.27. The number of halogens is 2. The van der Waals surface area contributed by atoms with Gasteiger partial charge in [-0.3, -0.25) is 0 Å². The molecule has 3 aromatic rings. The van der Waals surface area contributed by atoms with Crippen molar-refractivity contribution < 1.29 is 4.52 Å². The Bertz CT molecular complexity index is 702. The molecule has 0 fully saturated rings. The Morgan fingerprint density at radius 2 is 0.909 bits per heavy atom. The standard InChI is InChI=1S/C18H15Br2OP/c19-22(20,17-12-6-2-7-13-17,18-14-8-3-9-15-18)21-16-10-4-1-5-11-16/h1-15H. The Hall–Kier alpha value is -1.15. The second-order valence-electron chi connectivity index (χ2n) is 4.91. The molecule has 0 spiro atoms. The molecule has 0 atom stereocenters. The SMILES string of the molecule is BrP(Br)(Oc1ccccc1)(c1ccccc1)c1ccccc1. The summed E-state index contributed by atoms with van der Waals surface area (Å²) in [6, 6.07) is 30.3. The molecule has 22 heavy (non-hydrogen) atoms. The van der Waals surface area contributed by atoms with Crippen LogP contribution in [0.2, 0.25) is 0 Å². The van der Waals surface area contributed by atoms with Gasteiger partial charge in [-0.15, -0.1) is 0 Å². The quantitative estimate of drug-likeness (QED) is 0.468. The van der Waals surface area contributed by atoms with Gasteiger partial charge in [-0.25, -0.2) is 0 Å². The molecule has 0 saturated heterocycles. The maximum atomic E-state index is 6.53. The molecule has 0 radical (unpaired) electrons. The van der Waals surface area contributed by atoms with Gasteiger partial charge in [-0.05, 0) is 0 Å². The number of para-hydroxylation sites is 1. The van der Waals surface area contributed by atoms with Crippen LogP contribution in [-0.4, -0.2) is 0 Å². The number of benzene rings is 3. The van der Waals surface area contributed by atoms with E-state index in [1.165, 1.54) is 0 Å². The molecule has 0 aliphatic rings. The molecule has 0 N–H and O–H groups in total. The third-order valence-corrected chi connectivity index (χ3v) is 12.0.